The average Bonchev–Trinajstić information content (AvgIpc) is 2.49. The highest BCUT2D eigenvalue weighted by atomic mass is 16.5. The van der Waals surface area contributed by atoms with Crippen molar-refractivity contribution in [3.8, 4) is 0 Å². The van der Waals surface area contributed by atoms with Crippen LogP contribution in [-0.4, -0.2) is 11.8 Å². The Morgan fingerprint density at radius 2 is 2.12 bits per heavy atom. The third kappa shape index (κ3) is 4.26. The second-order valence-electron chi connectivity index (χ2n) is 2.89. The monoisotopic (exact) mass is 229 g/mol. The first-order chi connectivity index (χ1) is 11.2. The molecule has 0 atom stereocenters. The summed E-state index contributed by atoms with van der Waals surface area (Å²) in [4.78, 5) is 23.9. The van der Waals surface area contributed by atoms with Crippen LogP contribution in [0.1, 0.15) is 38.0 Å². The van der Waals surface area contributed by atoms with Crippen LogP contribution in [0.25, 0.3) is 0 Å². The van der Waals surface area contributed by atoms with Crippen molar-refractivity contribution in [1.82, 2.24) is 0 Å². The van der Waals surface area contributed by atoms with E-state index in [1.54, 1.807) is 30.3 Å². The molecule has 86 valence electrons. The summed E-state index contributed by atoms with van der Waals surface area (Å²) in [6, 6.07) is 8.07. The van der Waals surface area contributed by atoms with Crippen molar-refractivity contribution >= 4 is 11.8 Å². The number of hydrogen-bond donors (Lipinski definition) is 0. The highest BCUT2D eigenvalue weighted by Crippen LogP contribution is 2.04. The molecule has 0 fully saturated rings. The van der Waals surface area contributed by atoms with Crippen molar-refractivity contribution in [2.24, 2.45) is 5.89 Å². The Balaban J connectivity index is 3.09. The largest absolute Gasteiger partial charge is 0.455 e. The van der Waals surface area contributed by atoms with Gasteiger partial charge in [-0.1, -0.05) is 44.0 Å². The second kappa shape index (κ2) is 6.05. The quantitative estimate of drug-likeness (QED) is 0.575. The van der Waals surface area contributed by atoms with E-state index in [4.69, 9.17) is 12.3 Å². The number of ketones is 1. The van der Waals surface area contributed by atoms with E-state index in [-0.39, 0.29) is 0 Å². The lowest BCUT2D eigenvalue weighted by Crippen LogP contribution is -2.18. The molecule has 0 N–H and O–H groups in total. The Labute approximate surface area is 108 Å². The topological polar surface area (TPSA) is 43.4 Å². The molecule has 16 heavy (non-hydrogen) atoms. The SMILES string of the molecule is [2H]C([2H])([2H])C([2H])(C([2H])([2H])[2H])C([2H])([2H])C(=O)C(=O)OCc1ccccc1. The summed E-state index contributed by atoms with van der Waals surface area (Å²) in [5, 5.41) is 0. The maximum atomic E-state index is 12.1. The number of Topliss-reactive ketones (excluding diaryl/α,β-unsaturated/α-hetero) is 1. The van der Waals surface area contributed by atoms with Gasteiger partial charge < -0.3 is 4.74 Å². The van der Waals surface area contributed by atoms with Crippen LogP contribution in [0, 0.1) is 5.89 Å². The molecule has 0 aromatic heterocycles. The summed E-state index contributed by atoms with van der Waals surface area (Å²) in [5.74, 6) is -7.62. The highest BCUT2D eigenvalue weighted by Gasteiger charge is 2.16. The maximum Gasteiger partial charge on any atom is 0.374 e. The van der Waals surface area contributed by atoms with Gasteiger partial charge in [0, 0.05) is 18.7 Å². The van der Waals surface area contributed by atoms with Crippen LogP contribution in [0.3, 0.4) is 0 Å². The van der Waals surface area contributed by atoms with Crippen molar-refractivity contribution in [1.29, 1.82) is 0 Å². The van der Waals surface area contributed by atoms with E-state index < -0.39 is 44.3 Å². The van der Waals surface area contributed by atoms with Gasteiger partial charge in [0.2, 0.25) is 5.78 Å². The molecule has 0 amide bonds. The smallest absolute Gasteiger partial charge is 0.374 e. The maximum absolute atomic E-state index is 12.1. The molecule has 1 aromatic carbocycles. The van der Waals surface area contributed by atoms with E-state index in [0.717, 1.165) is 0 Å². The number of ether oxygens (including phenoxy) is 1. The van der Waals surface area contributed by atoms with Crippen molar-refractivity contribution in [3.05, 3.63) is 35.9 Å². The molecule has 0 aliphatic rings. The highest BCUT2D eigenvalue weighted by molar-refractivity contribution is 6.33. The zero-order valence-corrected chi connectivity index (χ0v) is 8.32. The van der Waals surface area contributed by atoms with Crippen LogP contribution < -0.4 is 0 Å². The summed E-state index contributed by atoms with van der Waals surface area (Å²) < 4.78 is 70.8. The number of benzene rings is 1. The van der Waals surface area contributed by atoms with Crippen molar-refractivity contribution < 1.29 is 26.7 Å². The van der Waals surface area contributed by atoms with E-state index in [1.807, 2.05) is 0 Å². The Kier molecular flexibility index (Phi) is 1.78. The summed E-state index contributed by atoms with van der Waals surface area (Å²) in [5.41, 5.74) is 0.480. The zero-order chi connectivity index (χ0) is 19.7. The molecule has 0 heterocycles. The van der Waals surface area contributed by atoms with Crippen LogP contribution in [0.5, 0.6) is 0 Å². The predicted octanol–water partition coefficient (Wildman–Crippen LogP) is 2.34. The molecule has 3 heteroatoms. The number of carbonyl (C=O) groups excluding carboxylic acids is 2. The van der Waals surface area contributed by atoms with Crippen LogP contribution in [0.15, 0.2) is 30.3 Å². The lowest BCUT2D eigenvalue weighted by atomic mass is 10.1. The van der Waals surface area contributed by atoms with Crippen LogP contribution in [0.4, 0.5) is 0 Å². The third-order valence-corrected chi connectivity index (χ3v) is 1.64. The standard InChI is InChI=1S/C13H16O3/c1-10(2)8-12(14)13(15)16-9-11-6-4-3-5-7-11/h3-7,10H,8-9H2,1-2H3/i1D3,2D3,8D2,10D. The van der Waals surface area contributed by atoms with Gasteiger partial charge in [0.25, 0.3) is 0 Å². The molecule has 3 nitrogen and oxygen atoms in total. The number of hydrogen-bond acceptors (Lipinski definition) is 3. The Bertz CT molecular complexity index is 620. The summed E-state index contributed by atoms with van der Waals surface area (Å²) in [7, 11) is 0. The molecule has 0 aliphatic heterocycles. The molecule has 1 aromatic rings. The minimum atomic E-state index is -3.84. The molecule has 0 saturated carbocycles. The van der Waals surface area contributed by atoms with Gasteiger partial charge in [0.05, 0.1) is 0 Å². The Morgan fingerprint density at radius 3 is 2.75 bits per heavy atom. The third-order valence-electron chi connectivity index (χ3n) is 1.64. The van der Waals surface area contributed by atoms with Crippen LogP contribution in [0.2, 0.25) is 0 Å². The van der Waals surface area contributed by atoms with E-state index in [9.17, 15) is 9.59 Å². The van der Waals surface area contributed by atoms with Gasteiger partial charge in [-0.05, 0) is 11.5 Å². The van der Waals surface area contributed by atoms with Crippen LogP contribution >= 0.6 is 0 Å². The molecular weight excluding hydrogens is 204 g/mol. The number of rotatable bonds is 5. The first-order valence-corrected chi connectivity index (χ1v) is 4.42. The van der Waals surface area contributed by atoms with Crippen molar-refractivity contribution in [2.75, 3.05) is 0 Å². The fraction of sp³-hybridized carbons (Fsp3) is 0.385. The van der Waals surface area contributed by atoms with Gasteiger partial charge in [0.1, 0.15) is 6.61 Å². The number of carbonyl (C=O) groups is 2. The molecule has 0 aliphatic carbocycles. The first kappa shape index (κ1) is 4.70. The van der Waals surface area contributed by atoms with Crippen molar-refractivity contribution in [3.63, 3.8) is 0 Å². The van der Waals surface area contributed by atoms with Gasteiger partial charge >= 0.3 is 5.97 Å². The average molecular weight is 229 g/mol. The fourth-order valence-corrected chi connectivity index (χ4v) is 0.953. The van der Waals surface area contributed by atoms with E-state index >= 15 is 0 Å². The molecule has 0 bridgehead atoms. The van der Waals surface area contributed by atoms with E-state index in [1.165, 1.54) is 0 Å². The minimum Gasteiger partial charge on any atom is -0.455 e. The van der Waals surface area contributed by atoms with Gasteiger partial charge in [-0.2, -0.15) is 0 Å². The molecule has 0 saturated heterocycles. The Morgan fingerprint density at radius 1 is 1.44 bits per heavy atom. The molecule has 0 unspecified atom stereocenters. The van der Waals surface area contributed by atoms with Gasteiger partial charge in [-0.3, -0.25) is 4.79 Å². The molecule has 0 spiro atoms. The molecule has 1 rings (SSSR count). The molecule has 0 radical (unpaired) electrons. The second-order valence-corrected chi connectivity index (χ2v) is 2.89. The summed E-state index contributed by atoms with van der Waals surface area (Å²) >= 11 is 0. The van der Waals surface area contributed by atoms with Gasteiger partial charge in [-0.25, -0.2) is 4.79 Å². The van der Waals surface area contributed by atoms with Gasteiger partial charge in [0.15, 0.2) is 0 Å². The minimum absolute atomic E-state index is 0.395. The predicted molar refractivity (Wildman–Crippen MR) is 60.7 cm³/mol. The first-order valence-electron chi connectivity index (χ1n) is 8.92. The lowest BCUT2D eigenvalue weighted by Gasteiger charge is -2.05. The normalized spacial score (nSPS) is 21.6. The van der Waals surface area contributed by atoms with Crippen LogP contribution in [-0.2, 0) is 20.9 Å². The van der Waals surface area contributed by atoms with E-state index in [2.05, 4.69) is 4.74 Å². The summed E-state index contributed by atoms with van der Waals surface area (Å²) in [6.45, 7) is -7.79. The number of esters is 1. The fourth-order valence-electron chi connectivity index (χ4n) is 0.953. The molecular formula is C13H16O3. The van der Waals surface area contributed by atoms with E-state index in [0.29, 0.717) is 5.56 Å². The summed E-state index contributed by atoms with van der Waals surface area (Å²) in [6.07, 6.45) is -3.82. The zero-order valence-electron chi connectivity index (χ0n) is 17.3. The van der Waals surface area contributed by atoms with Crippen molar-refractivity contribution in [2.45, 2.75) is 26.7 Å². The lowest BCUT2D eigenvalue weighted by molar-refractivity contribution is -0.155. The Hall–Kier alpha value is -1.64. The van der Waals surface area contributed by atoms with Gasteiger partial charge in [-0.15, -0.1) is 0 Å².